The van der Waals surface area contributed by atoms with E-state index in [9.17, 15) is 0 Å². The fourth-order valence-electron chi connectivity index (χ4n) is 2.01. The molecule has 1 aromatic rings. The van der Waals surface area contributed by atoms with Gasteiger partial charge in [0, 0.05) is 11.8 Å². The van der Waals surface area contributed by atoms with Crippen LogP contribution in [0.5, 0.6) is 0 Å². The van der Waals surface area contributed by atoms with Gasteiger partial charge < -0.3 is 0 Å². The summed E-state index contributed by atoms with van der Waals surface area (Å²) in [5.41, 5.74) is 2.56. The molecule has 76 valence electrons. The van der Waals surface area contributed by atoms with Gasteiger partial charge in [0.05, 0.1) is 0 Å². The maximum Gasteiger partial charge on any atom is 0.0124 e. The molecule has 2 aliphatic carbocycles. The molecule has 2 aliphatic rings. The molecular weight excluding hydrogens is 192 g/mol. The summed E-state index contributed by atoms with van der Waals surface area (Å²) in [6.07, 6.45) is 16.9. The van der Waals surface area contributed by atoms with E-state index < -0.39 is 0 Å². The molecule has 0 atom stereocenters. The molecule has 0 bridgehead atoms. The Bertz CT molecular complexity index is 310. The molecular formula is C16H12. The van der Waals surface area contributed by atoms with Crippen LogP contribution in [0.15, 0.2) is 24.3 Å². The van der Waals surface area contributed by atoms with E-state index in [0.717, 1.165) is 0 Å². The third-order valence-corrected chi connectivity index (χ3v) is 2.85. The van der Waals surface area contributed by atoms with Gasteiger partial charge in [-0.15, -0.1) is 0 Å². The van der Waals surface area contributed by atoms with E-state index in [4.69, 9.17) is 0 Å². The fraction of sp³-hybridized carbons (Fsp3) is 0. The Morgan fingerprint density at radius 3 is 1.44 bits per heavy atom. The molecule has 0 nitrogen and oxygen atoms in total. The van der Waals surface area contributed by atoms with Crippen molar-refractivity contribution >= 4 is 0 Å². The van der Waals surface area contributed by atoms with Crippen LogP contribution in [0, 0.1) is 63.2 Å². The number of rotatable bonds is 2. The van der Waals surface area contributed by atoms with Gasteiger partial charge in [0.15, 0.2) is 0 Å². The van der Waals surface area contributed by atoms with Gasteiger partial charge in [-0.3, -0.25) is 0 Å². The fourth-order valence-corrected chi connectivity index (χ4v) is 2.01. The minimum absolute atomic E-state index is 1.28. The maximum atomic E-state index is 2.24. The molecule has 0 aliphatic heterocycles. The monoisotopic (exact) mass is 204 g/mol. The predicted molar refractivity (Wildman–Crippen MR) is 65.5 cm³/mol. The van der Waals surface area contributed by atoms with Crippen molar-refractivity contribution in [1.82, 2.24) is 0 Å². The van der Waals surface area contributed by atoms with Gasteiger partial charge in [-0.05, 0) is 62.5 Å². The van der Waals surface area contributed by atoms with Crippen LogP contribution in [0.25, 0.3) is 0 Å². The Hall–Kier alpha value is -0.780. The first-order valence-corrected chi connectivity index (χ1v) is 5.48. The normalized spacial score (nSPS) is 23.0. The van der Waals surface area contributed by atoms with Gasteiger partial charge in [0.2, 0.25) is 0 Å². The van der Waals surface area contributed by atoms with E-state index in [2.05, 4.69) is 75.6 Å². The second-order valence-electron chi connectivity index (χ2n) is 3.93. The molecule has 0 heteroatoms. The summed E-state index contributed by atoms with van der Waals surface area (Å²) >= 11 is 0. The molecule has 10 radical (unpaired) electrons. The summed E-state index contributed by atoms with van der Waals surface area (Å²) < 4.78 is 0. The van der Waals surface area contributed by atoms with E-state index in [1.807, 2.05) is 0 Å². The average Bonchev–Trinajstić information content (AvgIpc) is 3.03. The highest BCUT2D eigenvalue weighted by molar-refractivity contribution is 5.55. The van der Waals surface area contributed by atoms with Crippen LogP contribution in [-0.4, -0.2) is 0 Å². The number of benzene rings is 1. The lowest BCUT2D eigenvalue weighted by Gasteiger charge is -2.13. The minimum Gasteiger partial charge on any atom is -0.0617 e. The summed E-state index contributed by atoms with van der Waals surface area (Å²) in [7, 11) is 0. The van der Waals surface area contributed by atoms with Crippen molar-refractivity contribution in [2.24, 2.45) is 0 Å². The van der Waals surface area contributed by atoms with Crippen molar-refractivity contribution in [3.63, 3.8) is 0 Å². The highest BCUT2D eigenvalue weighted by atomic mass is 14.3. The van der Waals surface area contributed by atoms with E-state index in [0.29, 0.717) is 0 Å². The van der Waals surface area contributed by atoms with Gasteiger partial charge in [-0.2, -0.15) is 0 Å². The average molecular weight is 204 g/mol. The third-order valence-electron chi connectivity index (χ3n) is 2.85. The van der Waals surface area contributed by atoms with Crippen LogP contribution < -0.4 is 0 Å². The van der Waals surface area contributed by atoms with Crippen LogP contribution in [0.2, 0.25) is 0 Å². The molecule has 2 fully saturated rings. The first kappa shape index (κ1) is 10.4. The zero-order chi connectivity index (χ0) is 10.8. The van der Waals surface area contributed by atoms with Crippen molar-refractivity contribution in [3.8, 4) is 0 Å². The molecule has 0 aromatic heterocycles. The van der Waals surface area contributed by atoms with Crippen molar-refractivity contribution in [1.29, 1.82) is 0 Å². The Balaban J connectivity index is 1.81. The molecule has 0 spiro atoms. The van der Waals surface area contributed by atoms with Gasteiger partial charge in [0.1, 0.15) is 0 Å². The zero-order valence-electron chi connectivity index (χ0n) is 8.93. The number of hydrogen-bond acceptors (Lipinski definition) is 0. The summed E-state index contributed by atoms with van der Waals surface area (Å²) in [6.45, 7) is 0. The topological polar surface area (TPSA) is 0 Å². The lowest BCUT2D eigenvalue weighted by molar-refractivity contribution is 1.23. The first-order chi connectivity index (χ1) is 7.93. The third kappa shape index (κ3) is 2.03. The Kier molecular flexibility index (Phi) is 2.99. The first-order valence-electron chi connectivity index (χ1n) is 5.48. The molecule has 0 N–H and O–H groups in total. The van der Waals surface area contributed by atoms with Crippen molar-refractivity contribution in [2.45, 2.75) is 0 Å². The smallest absolute Gasteiger partial charge is 0.0124 e. The summed E-state index contributed by atoms with van der Waals surface area (Å²) in [5.74, 6) is 2.57. The van der Waals surface area contributed by atoms with Crippen LogP contribution in [0.4, 0.5) is 0 Å². The molecule has 1 aromatic carbocycles. The second-order valence-corrected chi connectivity index (χ2v) is 3.93. The van der Waals surface area contributed by atoms with Crippen LogP contribution in [0.3, 0.4) is 0 Å². The quantitative estimate of drug-likeness (QED) is 0.694. The van der Waals surface area contributed by atoms with Crippen LogP contribution >= 0.6 is 0 Å². The van der Waals surface area contributed by atoms with Gasteiger partial charge in [0.25, 0.3) is 0 Å². The lowest BCUT2D eigenvalue weighted by Crippen LogP contribution is -1.99. The summed E-state index contributed by atoms with van der Waals surface area (Å²) in [5, 5.41) is 0. The Morgan fingerprint density at radius 1 is 0.562 bits per heavy atom. The largest absolute Gasteiger partial charge is 0.0617 e. The van der Waals surface area contributed by atoms with E-state index >= 15 is 0 Å². The SMILES string of the molecule is [CH]1[CH][CH][C](c2cccc([C]3[CH][CH][CH][CH]3)c2)[CH]1. The second kappa shape index (κ2) is 4.61. The molecule has 2 saturated carbocycles. The summed E-state index contributed by atoms with van der Waals surface area (Å²) in [4.78, 5) is 0. The molecule has 0 heterocycles. The summed E-state index contributed by atoms with van der Waals surface area (Å²) in [6, 6.07) is 8.67. The van der Waals surface area contributed by atoms with Gasteiger partial charge in [-0.25, -0.2) is 0 Å². The Morgan fingerprint density at radius 2 is 1.00 bits per heavy atom. The van der Waals surface area contributed by atoms with E-state index in [-0.39, 0.29) is 0 Å². The van der Waals surface area contributed by atoms with Crippen molar-refractivity contribution < 1.29 is 0 Å². The Labute approximate surface area is 99.1 Å². The lowest BCUT2D eigenvalue weighted by atomic mass is 9.91. The molecule has 3 rings (SSSR count). The standard InChI is InChI=1S/C16H12/c1-2-7-13(6-1)15-10-5-11-16(12-15)14-8-3-4-9-14/h1-12H. The predicted octanol–water partition coefficient (Wildman–Crippen LogP) is 3.19. The van der Waals surface area contributed by atoms with Gasteiger partial charge in [-0.1, -0.05) is 24.3 Å². The molecule has 0 unspecified atom stereocenters. The molecule has 0 saturated heterocycles. The van der Waals surface area contributed by atoms with Crippen LogP contribution in [0.1, 0.15) is 11.1 Å². The van der Waals surface area contributed by atoms with Crippen molar-refractivity contribution in [2.75, 3.05) is 0 Å². The minimum atomic E-state index is 1.28. The van der Waals surface area contributed by atoms with E-state index in [1.165, 1.54) is 23.0 Å². The van der Waals surface area contributed by atoms with E-state index in [1.54, 1.807) is 0 Å². The number of hydrogen-bond donors (Lipinski definition) is 0. The van der Waals surface area contributed by atoms with Gasteiger partial charge >= 0.3 is 0 Å². The highest BCUT2D eigenvalue weighted by Gasteiger charge is 2.22. The molecule has 0 amide bonds. The maximum absolute atomic E-state index is 2.24. The van der Waals surface area contributed by atoms with Crippen LogP contribution in [-0.2, 0) is 0 Å². The van der Waals surface area contributed by atoms with Crippen molar-refractivity contribution in [3.05, 3.63) is 98.6 Å². The zero-order valence-corrected chi connectivity index (χ0v) is 8.93. The highest BCUT2D eigenvalue weighted by Crippen LogP contribution is 2.34. The molecule has 16 heavy (non-hydrogen) atoms.